The zero-order valence-electron chi connectivity index (χ0n) is 12.4. The number of hydrogen-bond acceptors (Lipinski definition) is 3. The molecule has 4 heteroatoms. The second kappa shape index (κ2) is 5.80. The Hall–Kier alpha value is -1.60. The van der Waals surface area contributed by atoms with Crippen molar-refractivity contribution in [3.63, 3.8) is 0 Å². The highest BCUT2D eigenvalue weighted by molar-refractivity contribution is 5.30. The molecule has 4 nitrogen and oxygen atoms in total. The lowest BCUT2D eigenvalue weighted by Gasteiger charge is -2.33. The smallest absolute Gasteiger partial charge is 0.267 e. The first-order valence-electron chi connectivity index (χ1n) is 7.28. The van der Waals surface area contributed by atoms with E-state index in [0.717, 1.165) is 19.3 Å². The van der Waals surface area contributed by atoms with Crippen molar-refractivity contribution in [1.82, 2.24) is 9.78 Å². The van der Waals surface area contributed by atoms with Crippen LogP contribution in [0.1, 0.15) is 58.2 Å². The van der Waals surface area contributed by atoms with Gasteiger partial charge in [0.05, 0.1) is 6.04 Å². The molecule has 2 atom stereocenters. The molecule has 1 aromatic heterocycles. The first-order valence-corrected chi connectivity index (χ1v) is 7.28. The zero-order valence-corrected chi connectivity index (χ0v) is 12.4. The van der Waals surface area contributed by atoms with Gasteiger partial charge in [-0.15, -0.1) is 0 Å². The molecule has 0 saturated heterocycles. The van der Waals surface area contributed by atoms with Gasteiger partial charge in [-0.2, -0.15) is 5.10 Å². The van der Waals surface area contributed by atoms with Crippen molar-refractivity contribution in [1.29, 1.82) is 0 Å². The molecular formula is C16H22N2O2. The Morgan fingerprint density at radius 2 is 2.20 bits per heavy atom. The SMILES string of the molecule is CC(C)n1nc(C#CC2(O)CCCCC2C)ccc1=O. The average molecular weight is 274 g/mol. The van der Waals surface area contributed by atoms with E-state index >= 15 is 0 Å². The van der Waals surface area contributed by atoms with Gasteiger partial charge in [0.2, 0.25) is 0 Å². The van der Waals surface area contributed by atoms with E-state index in [9.17, 15) is 9.90 Å². The summed E-state index contributed by atoms with van der Waals surface area (Å²) in [4.78, 5) is 11.6. The summed E-state index contributed by atoms with van der Waals surface area (Å²) in [5, 5.41) is 14.8. The topological polar surface area (TPSA) is 55.1 Å². The van der Waals surface area contributed by atoms with Gasteiger partial charge in [0.15, 0.2) is 0 Å². The Kier molecular flexibility index (Phi) is 4.29. The molecule has 0 bridgehead atoms. The number of rotatable bonds is 1. The summed E-state index contributed by atoms with van der Waals surface area (Å²) in [5.74, 6) is 6.09. The molecule has 2 unspecified atom stereocenters. The monoisotopic (exact) mass is 274 g/mol. The minimum atomic E-state index is -0.918. The molecule has 1 fully saturated rings. The number of nitrogens with zero attached hydrogens (tertiary/aromatic N) is 2. The van der Waals surface area contributed by atoms with E-state index in [1.807, 2.05) is 20.8 Å². The Morgan fingerprint density at radius 1 is 1.45 bits per heavy atom. The highest BCUT2D eigenvalue weighted by Crippen LogP contribution is 2.32. The zero-order chi connectivity index (χ0) is 14.8. The standard InChI is InChI=1S/C16H22N2O2/c1-12(2)18-15(19)8-7-14(17-18)9-11-16(20)10-5-4-6-13(16)3/h7-8,12-13,20H,4-6,10H2,1-3H3. The van der Waals surface area contributed by atoms with Gasteiger partial charge in [-0.3, -0.25) is 4.79 Å². The van der Waals surface area contributed by atoms with E-state index in [0.29, 0.717) is 12.1 Å². The summed E-state index contributed by atoms with van der Waals surface area (Å²) in [6.45, 7) is 5.85. The van der Waals surface area contributed by atoms with E-state index in [1.165, 1.54) is 10.7 Å². The quantitative estimate of drug-likeness (QED) is 0.798. The van der Waals surface area contributed by atoms with Crippen LogP contribution in [0.25, 0.3) is 0 Å². The highest BCUT2D eigenvalue weighted by Gasteiger charge is 2.34. The molecular weight excluding hydrogens is 252 g/mol. The van der Waals surface area contributed by atoms with Gasteiger partial charge in [0, 0.05) is 6.07 Å². The normalized spacial score (nSPS) is 26.1. The van der Waals surface area contributed by atoms with Crippen LogP contribution in [0, 0.1) is 17.8 Å². The van der Waals surface area contributed by atoms with Gasteiger partial charge in [-0.25, -0.2) is 4.68 Å². The third-order valence-corrected chi connectivity index (χ3v) is 3.98. The molecule has 1 N–H and O–H groups in total. The number of aliphatic hydroxyl groups is 1. The van der Waals surface area contributed by atoms with Crippen LogP contribution >= 0.6 is 0 Å². The molecule has 2 rings (SSSR count). The van der Waals surface area contributed by atoms with Crippen LogP contribution in [-0.4, -0.2) is 20.5 Å². The summed E-state index contributed by atoms with van der Waals surface area (Å²) in [6, 6.07) is 3.09. The molecule has 0 radical (unpaired) electrons. The predicted molar refractivity (Wildman–Crippen MR) is 78.3 cm³/mol. The molecule has 108 valence electrons. The van der Waals surface area contributed by atoms with Gasteiger partial charge in [-0.05, 0) is 51.0 Å². The second-order valence-electron chi connectivity index (χ2n) is 5.92. The third kappa shape index (κ3) is 3.10. The Bertz CT molecular complexity index is 594. The summed E-state index contributed by atoms with van der Waals surface area (Å²) in [5.41, 5.74) is -0.515. The number of hydrogen-bond donors (Lipinski definition) is 1. The Morgan fingerprint density at radius 3 is 2.85 bits per heavy atom. The molecule has 0 amide bonds. The van der Waals surface area contributed by atoms with Crippen molar-refractivity contribution in [3.05, 3.63) is 28.2 Å². The fourth-order valence-electron chi connectivity index (χ4n) is 2.55. The highest BCUT2D eigenvalue weighted by atomic mass is 16.3. The number of aromatic nitrogens is 2. The first kappa shape index (κ1) is 14.8. The van der Waals surface area contributed by atoms with Crippen molar-refractivity contribution < 1.29 is 5.11 Å². The predicted octanol–water partition coefficient (Wildman–Crippen LogP) is 2.12. The van der Waals surface area contributed by atoms with Crippen molar-refractivity contribution in [3.8, 4) is 11.8 Å². The van der Waals surface area contributed by atoms with Gasteiger partial charge >= 0.3 is 0 Å². The van der Waals surface area contributed by atoms with Crippen LogP contribution in [-0.2, 0) is 0 Å². The summed E-state index contributed by atoms with van der Waals surface area (Å²) in [7, 11) is 0. The maximum absolute atomic E-state index is 11.6. The van der Waals surface area contributed by atoms with Crippen LogP contribution in [0.15, 0.2) is 16.9 Å². The maximum atomic E-state index is 11.6. The molecule has 20 heavy (non-hydrogen) atoms. The van der Waals surface area contributed by atoms with Gasteiger partial charge in [0.25, 0.3) is 5.56 Å². The molecule has 1 aliphatic rings. The van der Waals surface area contributed by atoms with E-state index in [-0.39, 0.29) is 17.5 Å². The van der Waals surface area contributed by atoms with Crippen molar-refractivity contribution in [2.75, 3.05) is 0 Å². The van der Waals surface area contributed by atoms with Gasteiger partial charge in [0.1, 0.15) is 11.3 Å². The lowest BCUT2D eigenvalue weighted by molar-refractivity contribution is 0.0126. The maximum Gasteiger partial charge on any atom is 0.267 e. The average Bonchev–Trinajstić information content (AvgIpc) is 2.41. The summed E-state index contributed by atoms with van der Waals surface area (Å²) in [6.07, 6.45) is 3.88. The molecule has 1 heterocycles. The Balaban J connectivity index is 2.29. The van der Waals surface area contributed by atoms with E-state index < -0.39 is 5.60 Å². The molecule has 1 aliphatic carbocycles. The minimum absolute atomic E-state index is 0.000871. The molecule has 0 spiro atoms. The lowest BCUT2D eigenvalue weighted by Crippen LogP contribution is -2.37. The molecule has 1 aromatic rings. The van der Waals surface area contributed by atoms with Crippen molar-refractivity contribution in [2.24, 2.45) is 5.92 Å². The van der Waals surface area contributed by atoms with Gasteiger partial charge in [-0.1, -0.05) is 19.3 Å². The fourth-order valence-corrected chi connectivity index (χ4v) is 2.55. The Labute approximate surface area is 119 Å². The van der Waals surface area contributed by atoms with Crippen LogP contribution < -0.4 is 5.56 Å². The second-order valence-corrected chi connectivity index (χ2v) is 5.92. The van der Waals surface area contributed by atoms with Crippen molar-refractivity contribution in [2.45, 2.75) is 58.1 Å². The largest absolute Gasteiger partial charge is 0.377 e. The fraction of sp³-hybridized carbons (Fsp3) is 0.625. The molecule has 1 saturated carbocycles. The van der Waals surface area contributed by atoms with Crippen molar-refractivity contribution >= 4 is 0 Å². The van der Waals surface area contributed by atoms with Crippen LogP contribution in [0.3, 0.4) is 0 Å². The van der Waals surface area contributed by atoms with E-state index in [1.54, 1.807) is 6.07 Å². The van der Waals surface area contributed by atoms with Crippen LogP contribution in [0.5, 0.6) is 0 Å². The summed E-state index contributed by atoms with van der Waals surface area (Å²) >= 11 is 0. The third-order valence-electron chi connectivity index (χ3n) is 3.98. The van der Waals surface area contributed by atoms with Gasteiger partial charge < -0.3 is 5.11 Å². The van der Waals surface area contributed by atoms with Crippen LogP contribution in [0.4, 0.5) is 0 Å². The molecule has 0 aromatic carbocycles. The van der Waals surface area contributed by atoms with Crippen LogP contribution in [0.2, 0.25) is 0 Å². The molecule has 0 aliphatic heterocycles. The van der Waals surface area contributed by atoms with E-state index in [2.05, 4.69) is 16.9 Å². The lowest BCUT2D eigenvalue weighted by atomic mass is 9.77. The minimum Gasteiger partial charge on any atom is -0.377 e. The van der Waals surface area contributed by atoms with E-state index in [4.69, 9.17) is 0 Å². The first-order chi connectivity index (χ1) is 9.42. The summed E-state index contributed by atoms with van der Waals surface area (Å²) < 4.78 is 1.42.